The molecule has 0 saturated carbocycles. The molecule has 160 valence electrons. The van der Waals surface area contributed by atoms with Gasteiger partial charge in [0.15, 0.2) is 0 Å². The standard InChI is InChI=1S/C23H32N4.2ClH/c1-17-14-19-8-4-5-9-20-16-22(24-10-13-27-11-6-3-7-12-27)25-26-23(20)21(19)15-18(17)2;;/h14-16H,3-13H2,1-2H3,(H,24,25);2*1H. The fourth-order valence-electron chi connectivity index (χ4n) is 4.39. The Labute approximate surface area is 187 Å². The van der Waals surface area contributed by atoms with Crippen LogP contribution in [0.15, 0.2) is 18.2 Å². The lowest BCUT2D eigenvalue weighted by atomic mass is 9.89. The van der Waals surface area contributed by atoms with Gasteiger partial charge in [0, 0.05) is 18.7 Å². The van der Waals surface area contributed by atoms with E-state index < -0.39 is 0 Å². The summed E-state index contributed by atoms with van der Waals surface area (Å²) in [7, 11) is 0. The number of hydrogen-bond donors (Lipinski definition) is 1. The van der Waals surface area contributed by atoms with E-state index in [0.717, 1.165) is 37.4 Å². The average Bonchev–Trinajstić information content (AvgIpc) is 2.67. The number of benzene rings is 1. The van der Waals surface area contributed by atoms with Gasteiger partial charge in [-0.2, -0.15) is 0 Å². The van der Waals surface area contributed by atoms with Gasteiger partial charge in [-0.05, 0) is 99.8 Å². The van der Waals surface area contributed by atoms with E-state index in [0.29, 0.717) is 0 Å². The molecule has 2 aromatic rings. The zero-order valence-electron chi connectivity index (χ0n) is 17.7. The third-order valence-electron chi connectivity index (χ3n) is 6.17. The van der Waals surface area contributed by atoms with Crippen molar-refractivity contribution in [2.24, 2.45) is 0 Å². The molecule has 4 nitrogen and oxygen atoms in total. The number of nitrogens with one attached hydrogen (secondary N) is 1. The Morgan fingerprint density at radius 2 is 1.52 bits per heavy atom. The number of aryl methyl sites for hydroxylation is 4. The minimum absolute atomic E-state index is 0. The van der Waals surface area contributed by atoms with Crippen LogP contribution in [0.25, 0.3) is 11.3 Å². The van der Waals surface area contributed by atoms with Crippen molar-refractivity contribution in [1.29, 1.82) is 0 Å². The Hall–Kier alpha value is -1.36. The molecule has 1 aliphatic carbocycles. The Morgan fingerprint density at radius 1 is 0.828 bits per heavy atom. The fourth-order valence-corrected chi connectivity index (χ4v) is 4.39. The number of anilines is 1. The maximum Gasteiger partial charge on any atom is 0.149 e. The second-order valence-corrected chi connectivity index (χ2v) is 8.23. The lowest BCUT2D eigenvalue weighted by Gasteiger charge is -2.26. The van der Waals surface area contributed by atoms with Crippen LogP contribution in [-0.4, -0.2) is 41.3 Å². The second kappa shape index (κ2) is 11.1. The van der Waals surface area contributed by atoms with E-state index in [9.17, 15) is 0 Å². The zero-order valence-corrected chi connectivity index (χ0v) is 19.3. The molecule has 0 atom stereocenters. The SMILES string of the molecule is Cc1cc2c(cc1C)-c1nnc(NCCN3CCCCC3)cc1CCCC2.Cl.Cl. The summed E-state index contributed by atoms with van der Waals surface area (Å²) < 4.78 is 0. The van der Waals surface area contributed by atoms with Gasteiger partial charge in [0.2, 0.25) is 0 Å². The number of piperidine rings is 1. The van der Waals surface area contributed by atoms with E-state index in [4.69, 9.17) is 0 Å². The predicted molar refractivity (Wildman–Crippen MR) is 127 cm³/mol. The number of hydrogen-bond acceptors (Lipinski definition) is 4. The first-order valence-electron chi connectivity index (χ1n) is 10.6. The molecular weight excluding hydrogens is 403 g/mol. The van der Waals surface area contributed by atoms with Crippen LogP contribution in [0.4, 0.5) is 5.82 Å². The maximum absolute atomic E-state index is 4.67. The van der Waals surface area contributed by atoms with Gasteiger partial charge in [0.05, 0.1) is 5.69 Å². The fraction of sp³-hybridized carbons (Fsp3) is 0.565. The molecule has 0 spiro atoms. The highest BCUT2D eigenvalue weighted by Gasteiger charge is 2.17. The van der Waals surface area contributed by atoms with Crippen LogP contribution in [0.3, 0.4) is 0 Å². The van der Waals surface area contributed by atoms with E-state index in [-0.39, 0.29) is 24.8 Å². The van der Waals surface area contributed by atoms with E-state index in [1.807, 2.05) is 0 Å². The van der Waals surface area contributed by atoms with Crippen molar-refractivity contribution in [3.63, 3.8) is 0 Å². The summed E-state index contributed by atoms with van der Waals surface area (Å²) in [6.07, 6.45) is 8.79. The first-order chi connectivity index (χ1) is 13.2. The largest absolute Gasteiger partial charge is 0.367 e. The number of rotatable bonds is 4. The monoisotopic (exact) mass is 436 g/mol. The third-order valence-corrected chi connectivity index (χ3v) is 6.17. The molecule has 1 N–H and O–H groups in total. The van der Waals surface area contributed by atoms with Crippen molar-refractivity contribution in [1.82, 2.24) is 15.1 Å². The van der Waals surface area contributed by atoms with Gasteiger partial charge in [-0.3, -0.25) is 0 Å². The minimum Gasteiger partial charge on any atom is -0.367 e. The quantitative estimate of drug-likeness (QED) is 0.697. The molecule has 1 fully saturated rings. The first-order valence-corrected chi connectivity index (χ1v) is 10.6. The Bertz CT molecular complexity index is 804. The summed E-state index contributed by atoms with van der Waals surface area (Å²) >= 11 is 0. The van der Waals surface area contributed by atoms with Gasteiger partial charge >= 0.3 is 0 Å². The number of halogens is 2. The van der Waals surface area contributed by atoms with E-state index >= 15 is 0 Å². The first kappa shape index (κ1) is 23.9. The van der Waals surface area contributed by atoms with Crippen molar-refractivity contribution in [2.75, 3.05) is 31.5 Å². The van der Waals surface area contributed by atoms with Gasteiger partial charge in [-0.15, -0.1) is 35.0 Å². The average molecular weight is 437 g/mol. The molecule has 1 aromatic carbocycles. The van der Waals surface area contributed by atoms with Crippen LogP contribution in [0.2, 0.25) is 0 Å². The van der Waals surface area contributed by atoms with Crippen molar-refractivity contribution in [2.45, 2.75) is 58.8 Å². The lowest BCUT2D eigenvalue weighted by molar-refractivity contribution is 0.237. The van der Waals surface area contributed by atoms with Crippen molar-refractivity contribution >= 4 is 30.6 Å². The zero-order chi connectivity index (χ0) is 18.6. The van der Waals surface area contributed by atoms with Gasteiger partial charge in [0.25, 0.3) is 0 Å². The van der Waals surface area contributed by atoms with Crippen molar-refractivity contribution in [3.8, 4) is 11.3 Å². The van der Waals surface area contributed by atoms with Gasteiger partial charge in [0.1, 0.15) is 5.82 Å². The van der Waals surface area contributed by atoms with Crippen LogP contribution >= 0.6 is 24.8 Å². The Morgan fingerprint density at radius 3 is 2.28 bits per heavy atom. The van der Waals surface area contributed by atoms with E-state index in [1.54, 1.807) is 0 Å². The molecule has 1 saturated heterocycles. The highest BCUT2D eigenvalue weighted by atomic mass is 35.5. The molecule has 0 unspecified atom stereocenters. The van der Waals surface area contributed by atoms with E-state index in [2.05, 4.69) is 52.5 Å². The van der Waals surface area contributed by atoms with Crippen LogP contribution in [0, 0.1) is 13.8 Å². The predicted octanol–water partition coefficient (Wildman–Crippen LogP) is 5.38. The summed E-state index contributed by atoms with van der Waals surface area (Å²) in [5.74, 6) is 0.928. The highest BCUT2D eigenvalue weighted by molar-refractivity contribution is 5.85. The second-order valence-electron chi connectivity index (χ2n) is 8.23. The molecule has 29 heavy (non-hydrogen) atoms. The summed E-state index contributed by atoms with van der Waals surface area (Å²) in [6.45, 7) is 8.93. The minimum atomic E-state index is 0. The molecule has 0 bridgehead atoms. The molecule has 2 aliphatic rings. The number of fused-ring (bicyclic) bond motifs is 3. The molecule has 0 radical (unpaired) electrons. The summed E-state index contributed by atoms with van der Waals surface area (Å²) in [6, 6.07) is 6.90. The Balaban J connectivity index is 0.00000150. The molecule has 1 aliphatic heterocycles. The van der Waals surface area contributed by atoms with Crippen LogP contribution in [0.1, 0.15) is 54.4 Å². The third kappa shape index (κ3) is 5.84. The van der Waals surface area contributed by atoms with Gasteiger partial charge in [-0.25, -0.2) is 0 Å². The van der Waals surface area contributed by atoms with Crippen LogP contribution < -0.4 is 5.32 Å². The van der Waals surface area contributed by atoms with E-state index in [1.165, 1.54) is 73.0 Å². The topological polar surface area (TPSA) is 41.1 Å². The molecule has 4 rings (SSSR count). The Kier molecular flexibility index (Phi) is 9.19. The highest BCUT2D eigenvalue weighted by Crippen LogP contribution is 2.32. The molecule has 6 heteroatoms. The smallest absolute Gasteiger partial charge is 0.149 e. The summed E-state index contributed by atoms with van der Waals surface area (Å²) in [5, 5.41) is 12.7. The molecule has 0 amide bonds. The number of aromatic nitrogens is 2. The van der Waals surface area contributed by atoms with Crippen LogP contribution in [-0.2, 0) is 12.8 Å². The molecule has 1 aromatic heterocycles. The molecular formula is C23H34Cl2N4. The van der Waals surface area contributed by atoms with Gasteiger partial charge < -0.3 is 10.2 Å². The van der Waals surface area contributed by atoms with Gasteiger partial charge in [-0.1, -0.05) is 12.5 Å². The van der Waals surface area contributed by atoms with Crippen LogP contribution in [0.5, 0.6) is 0 Å². The lowest BCUT2D eigenvalue weighted by Crippen LogP contribution is -2.33. The summed E-state index contributed by atoms with van der Waals surface area (Å²) in [4.78, 5) is 2.55. The maximum atomic E-state index is 4.67. The number of nitrogens with zero attached hydrogens (tertiary/aromatic N) is 3. The van der Waals surface area contributed by atoms with Crippen molar-refractivity contribution < 1.29 is 0 Å². The normalized spacial score (nSPS) is 16.3. The molecule has 2 heterocycles. The summed E-state index contributed by atoms with van der Waals surface area (Å²) in [5.41, 5.74) is 7.87. The van der Waals surface area contributed by atoms with Crippen molar-refractivity contribution in [3.05, 3.63) is 40.5 Å². The number of likely N-dealkylation sites (tertiary alicyclic amines) is 1.